The van der Waals surface area contributed by atoms with Gasteiger partial charge >= 0.3 is 0 Å². The lowest BCUT2D eigenvalue weighted by Gasteiger charge is -2.10. The number of rotatable bonds is 3. The molecule has 0 bridgehead atoms. The van der Waals surface area contributed by atoms with Crippen molar-refractivity contribution in [2.24, 2.45) is 7.05 Å². The van der Waals surface area contributed by atoms with Crippen molar-refractivity contribution in [3.8, 4) is 0 Å². The minimum atomic E-state index is -3.98. The highest BCUT2D eigenvalue weighted by Crippen LogP contribution is 2.30. The van der Waals surface area contributed by atoms with Gasteiger partial charge in [0, 0.05) is 7.05 Å². The molecule has 0 spiro atoms. The predicted molar refractivity (Wildman–Crippen MR) is 79.9 cm³/mol. The first-order valence-electron chi connectivity index (χ1n) is 5.81. The van der Waals surface area contributed by atoms with Crippen LogP contribution in [0.5, 0.6) is 0 Å². The highest BCUT2D eigenvalue weighted by atomic mass is 35.5. The van der Waals surface area contributed by atoms with Gasteiger partial charge in [0.25, 0.3) is 10.0 Å². The maximum absolute atomic E-state index is 13.4. The first-order valence-corrected chi connectivity index (χ1v) is 8.05. The summed E-state index contributed by atoms with van der Waals surface area (Å²) in [6.07, 6.45) is 0. The summed E-state index contributed by atoms with van der Waals surface area (Å²) in [7, 11) is -2.45. The smallest absolute Gasteiger partial charge is 0.266 e. The van der Waals surface area contributed by atoms with E-state index in [1.54, 1.807) is 0 Å². The van der Waals surface area contributed by atoms with E-state index in [4.69, 9.17) is 23.2 Å². The van der Waals surface area contributed by atoms with Gasteiger partial charge in [-0.1, -0.05) is 23.2 Å². The van der Waals surface area contributed by atoms with Crippen molar-refractivity contribution in [1.82, 2.24) is 9.78 Å². The third-order valence-electron chi connectivity index (χ3n) is 2.86. The Hall–Kier alpha value is -1.31. The Balaban J connectivity index is 2.50. The standard InChI is InChI=1S/C12H12Cl2FN3O2S/c1-6-4-10(8(13)5-9(6)15)17-21(19,20)11-7(2)16-18(3)12(11)14/h4-5,17H,1-3H3. The van der Waals surface area contributed by atoms with Crippen LogP contribution < -0.4 is 4.72 Å². The molecule has 9 heteroatoms. The van der Waals surface area contributed by atoms with Crippen LogP contribution in [0.25, 0.3) is 0 Å². The molecule has 0 aliphatic heterocycles. The van der Waals surface area contributed by atoms with E-state index in [9.17, 15) is 12.8 Å². The second-order valence-corrected chi connectivity index (χ2v) is 6.90. The molecule has 1 aromatic carbocycles. The van der Waals surface area contributed by atoms with E-state index in [0.29, 0.717) is 0 Å². The molecule has 1 N–H and O–H groups in total. The molecule has 0 aliphatic rings. The largest absolute Gasteiger partial charge is 0.278 e. The van der Waals surface area contributed by atoms with Crippen LogP contribution in [0, 0.1) is 19.7 Å². The maximum atomic E-state index is 13.4. The number of hydrogen-bond acceptors (Lipinski definition) is 3. The number of nitrogens with one attached hydrogen (secondary N) is 1. The van der Waals surface area contributed by atoms with E-state index in [1.165, 1.54) is 31.6 Å². The summed E-state index contributed by atoms with van der Waals surface area (Å²) >= 11 is 11.8. The molecule has 0 atom stereocenters. The first kappa shape index (κ1) is 16.1. The molecule has 2 aromatic rings. The molecule has 0 saturated heterocycles. The molecule has 1 aromatic heterocycles. The molecule has 0 aliphatic carbocycles. The lowest BCUT2D eigenvalue weighted by Crippen LogP contribution is -2.14. The fraction of sp³-hybridized carbons (Fsp3) is 0.250. The zero-order valence-electron chi connectivity index (χ0n) is 11.4. The molecule has 114 valence electrons. The molecule has 0 saturated carbocycles. The van der Waals surface area contributed by atoms with Gasteiger partial charge in [0.05, 0.1) is 16.4 Å². The maximum Gasteiger partial charge on any atom is 0.266 e. The van der Waals surface area contributed by atoms with Crippen LogP contribution in [0.15, 0.2) is 17.0 Å². The van der Waals surface area contributed by atoms with Gasteiger partial charge < -0.3 is 0 Å². The van der Waals surface area contributed by atoms with Crippen molar-refractivity contribution < 1.29 is 12.8 Å². The topological polar surface area (TPSA) is 64.0 Å². The predicted octanol–water partition coefficient (Wildman–Crippen LogP) is 3.28. The number of halogens is 3. The fourth-order valence-electron chi connectivity index (χ4n) is 1.85. The molecule has 0 radical (unpaired) electrons. The second kappa shape index (κ2) is 5.47. The van der Waals surface area contributed by atoms with Crippen molar-refractivity contribution in [2.75, 3.05) is 4.72 Å². The number of aryl methyl sites for hydroxylation is 3. The average molecular weight is 352 g/mol. The number of benzene rings is 1. The molecule has 0 fully saturated rings. The number of sulfonamides is 1. The van der Waals surface area contributed by atoms with Crippen molar-refractivity contribution in [1.29, 1.82) is 0 Å². The fourth-order valence-corrected chi connectivity index (χ4v) is 3.92. The van der Waals surface area contributed by atoms with Crippen LogP contribution in [0.3, 0.4) is 0 Å². The van der Waals surface area contributed by atoms with Gasteiger partial charge in [0.15, 0.2) is 0 Å². The lowest BCUT2D eigenvalue weighted by molar-refractivity contribution is 0.600. The third-order valence-corrected chi connectivity index (χ3v) is 5.23. The van der Waals surface area contributed by atoms with E-state index < -0.39 is 15.8 Å². The molecular weight excluding hydrogens is 340 g/mol. The van der Waals surface area contributed by atoms with Crippen LogP contribution in [0.1, 0.15) is 11.3 Å². The Morgan fingerprint density at radius 2 is 1.90 bits per heavy atom. The van der Waals surface area contributed by atoms with Crippen molar-refractivity contribution in [3.63, 3.8) is 0 Å². The summed E-state index contributed by atoms with van der Waals surface area (Å²) < 4.78 is 41.7. The summed E-state index contributed by atoms with van der Waals surface area (Å²) in [5, 5.41) is 3.88. The first-order chi connectivity index (χ1) is 9.63. The number of nitrogens with zero attached hydrogens (tertiary/aromatic N) is 2. The molecule has 1 heterocycles. The Kier molecular flexibility index (Phi) is 4.19. The zero-order chi connectivity index (χ0) is 15.9. The molecule has 2 rings (SSSR count). The summed E-state index contributed by atoms with van der Waals surface area (Å²) in [4.78, 5) is -0.135. The highest BCUT2D eigenvalue weighted by molar-refractivity contribution is 7.92. The van der Waals surface area contributed by atoms with Crippen LogP contribution in [0.4, 0.5) is 10.1 Å². The number of anilines is 1. The van der Waals surface area contributed by atoms with E-state index in [2.05, 4.69) is 9.82 Å². The van der Waals surface area contributed by atoms with E-state index in [-0.39, 0.29) is 32.0 Å². The third kappa shape index (κ3) is 3.00. The molecular formula is C12H12Cl2FN3O2S. The van der Waals surface area contributed by atoms with Gasteiger partial charge in [-0.05, 0) is 31.5 Å². The van der Waals surface area contributed by atoms with Gasteiger partial charge in [-0.15, -0.1) is 0 Å². The monoisotopic (exact) mass is 351 g/mol. The normalized spacial score (nSPS) is 11.7. The summed E-state index contributed by atoms with van der Waals surface area (Å²) in [6.45, 7) is 3.03. The minimum Gasteiger partial charge on any atom is -0.278 e. The van der Waals surface area contributed by atoms with Gasteiger partial charge in [-0.3, -0.25) is 9.40 Å². The minimum absolute atomic E-state index is 0.0186. The average Bonchev–Trinajstić information content (AvgIpc) is 2.60. The quantitative estimate of drug-likeness (QED) is 0.922. The van der Waals surface area contributed by atoms with Crippen LogP contribution >= 0.6 is 23.2 Å². The van der Waals surface area contributed by atoms with E-state index in [1.807, 2.05) is 0 Å². The molecule has 0 unspecified atom stereocenters. The number of aromatic nitrogens is 2. The summed E-state index contributed by atoms with van der Waals surface area (Å²) in [5.74, 6) is -0.515. The Morgan fingerprint density at radius 3 is 2.43 bits per heavy atom. The Bertz CT molecular complexity index is 818. The zero-order valence-corrected chi connectivity index (χ0v) is 13.7. The van der Waals surface area contributed by atoms with Gasteiger partial charge in [-0.25, -0.2) is 12.8 Å². The second-order valence-electron chi connectivity index (χ2n) is 4.52. The summed E-state index contributed by atoms with van der Waals surface area (Å²) in [6, 6.07) is 2.36. The lowest BCUT2D eigenvalue weighted by atomic mass is 10.2. The van der Waals surface area contributed by atoms with Gasteiger partial charge in [0.2, 0.25) is 0 Å². The Labute approximate surface area is 131 Å². The van der Waals surface area contributed by atoms with Gasteiger partial charge in [-0.2, -0.15) is 5.10 Å². The van der Waals surface area contributed by atoms with Crippen molar-refractivity contribution in [2.45, 2.75) is 18.7 Å². The van der Waals surface area contributed by atoms with E-state index >= 15 is 0 Å². The highest BCUT2D eigenvalue weighted by Gasteiger charge is 2.26. The Morgan fingerprint density at radius 1 is 1.29 bits per heavy atom. The van der Waals surface area contributed by atoms with Crippen molar-refractivity contribution in [3.05, 3.63) is 39.4 Å². The molecule has 5 nitrogen and oxygen atoms in total. The number of hydrogen-bond donors (Lipinski definition) is 1. The molecule has 21 heavy (non-hydrogen) atoms. The SMILES string of the molecule is Cc1cc(NS(=O)(=O)c2c(C)nn(C)c2Cl)c(Cl)cc1F. The van der Waals surface area contributed by atoms with Gasteiger partial charge in [0.1, 0.15) is 15.9 Å². The summed E-state index contributed by atoms with van der Waals surface area (Å²) in [5.41, 5.74) is 0.603. The molecule has 0 amide bonds. The van der Waals surface area contributed by atoms with Crippen molar-refractivity contribution >= 4 is 38.9 Å². The van der Waals surface area contributed by atoms with E-state index in [0.717, 1.165) is 6.07 Å². The van der Waals surface area contributed by atoms with Crippen LogP contribution in [0.2, 0.25) is 10.2 Å². The van der Waals surface area contributed by atoms with Crippen LogP contribution in [-0.4, -0.2) is 18.2 Å². The van der Waals surface area contributed by atoms with Crippen LogP contribution in [-0.2, 0) is 17.1 Å².